The smallest absolute Gasteiger partial charge is 0.339 e. The SMILES string of the molecule is CCn1cc2c(Oc3ccc(S(C)(=O)=O)cc3)cc(C(=O)Nc3ccc(C(=O)OC)cn3)cc2n1. The Hall–Kier alpha value is -4.25. The first-order valence-electron chi connectivity index (χ1n) is 10.5. The molecular weight excluding hydrogens is 472 g/mol. The van der Waals surface area contributed by atoms with Crippen LogP contribution in [0, 0.1) is 0 Å². The number of hydrogen-bond donors (Lipinski definition) is 1. The fourth-order valence-corrected chi connectivity index (χ4v) is 3.93. The zero-order chi connectivity index (χ0) is 25.2. The Kier molecular flexibility index (Phi) is 6.52. The number of carbonyl (C=O) groups excluding carboxylic acids is 2. The third kappa shape index (κ3) is 5.30. The topological polar surface area (TPSA) is 129 Å². The van der Waals surface area contributed by atoms with Crippen molar-refractivity contribution in [2.75, 3.05) is 18.7 Å². The zero-order valence-corrected chi connectivity index (χ0v) is 20.0. The summed E-state index contributed by atoms with van der Waals surface area (Å²) in [6.45, 7) is 2.56. The average Bonchev–Trinajstić information content (AvgIpc) is 3.27. The second-order valence-corrected chi connectivity index (χ2v) is 9.63. The maximum atomic E-state index is 13.0. The number of benzene rings is 2. The Morgan fingerprint density at radius 3 is 2.40 bits per heavy atom. The molecular formula is C24H22N4O6S. The Balaban J connectivity index is 1.65. The van der Waals surface area contributed by atoms with Crippen molar-refractivity contribution in [3.8, 4) is 11.5 Å². The fourth-order valence-electron chi connectivity index (χ4n) is 3.29. The molecule has 4 aromatic rings. The molecule has 0 atom stereocenters. The number of aryl methyl sites for hydroxylation is 1. The molecule has 2 aromatic carbocycles. The van der Waals surface area contributed by atoms with Crippen LogP contribution in [0.1, 0.15) is 27.6 Å². The van der Waals surface area contributed by atoms with Gasteiger partial charge in [-0.2, -0.15) is 5.10 Å². The summed E-state index contributed by atoms with van der Waals surface area (Å²) in [6, 6.07) is 12.2. The molecule has 2 aromatic heterocycles. The number of esters is 1. The highest BCUT2D eigenvalue weighted by molar-refractivity contribution is 7.90. The highest BCUT2D eigenvalue weighted by Gasteiger charge is 2.16. The minimum absolute atomic E-state index is 0.174. The van der Waals surface area contributed by atoms with Crippen LogP contribution in [0.5, 0.6) is 11.5 Å². The Morgan fingerprint density at radius 2 is 1.80 bits per heavy atom. The van der Waals surface area contributed by atoms with Gasteiger partial charge in [0, 0.05) is 30.8 Å². The number of fused-ring (bicyclic) bond motifs is 1. The van der Waals surface area contributed by atoms with E-state index in [1.807, 2.05) is 13.1 Å². The number of methoxy groups -OCH3 is 1. The van der Waals surface area contributed by atoms with E-state index in [4.69, 9.17) is 4.74 Å². The molecule has 0 aliphatic rings. The molecule has 0 saturated carbocycles. The van der Waals surface area contributed by atoms with E-state index >= 15 is 0 Å². The maximum Gasteiger partial charge on any atom is 0.339 e. The van der Waals surface area contributed by atoms with Crippen LogP contribution in [0.3, 0.4) is 0 Å². The number of ether oxygens (including phenoxy) is 2. The van der Waals surface area contributed by atoms with Crippen molar-refractivity contribution in [1.29, 1.82) is 0 Å². The first-order chi connectivity index (χ1) is 16.7. The van der Waals surface area contributed by atoms with Gasteiger partial charge < -0.3 is 14.8 Å². The molecule has 35 heavy (non-hydrogen) atoms. The third-order valence-corrected chi connectivity index (χ3v) is 6.26. The fraction of sp³-hybridized carbons (Fsp3) is 0.167. The van der Waals surface area contributed by atoms with E-state index in [9.17, 15) is 18.0 Å². The van der Waals surface area contributed by atoms with E-state index in [-0.39, 0.29) is 21.8 Å². The number of nitrogens with zero attached hydrogens (tertiary/aromatic N) is 3. The van der Waals surface area contributed by atoms with Gasteiger partial charge in [0.25, 0.3) is 5.91 Å². The summed E-state index contributed by atoms with van der Waals surface area (Å²) in [6.07, 6.45) is 4.25. The van der Waals surface area contributed by atoms with Gasteiger partial charge in [-0.05, 0) is 55.5 Å². The summed E-state index contributed by atoms with van der Waals surface area (Å²) >= 11 is 0. The molecule has 0 aliphatic carbocycles. The van der Waals surface area contributed by atoms with E-state index in [2.05, 4.69) is 20.1 Å². The minimum atomic E-state index is -3.34. The molecule has 0 bridgehead atoms. The van der Waals surface area contributed by atoms with Crippen LogP contribution in [-0.2, 0) is 21.1 Å². The number of hydrogen-bond acceptors (Lipinski definition) is 8. The molecule has 0 radical (unpaired) electrons. The largest absolute Gasteiger partial charge is 0.465 e. The zero-order valence-electron chi connectivity index (χ0n) is 19.2. The number of aromatic nitrogens is 3. The van der Waals surface area contributed by atoms with Crippen LogP contribution in [-0.4, -0.2) is 48.4 Å². The first-order valence-corrected chi connectivity index (χ1v) is 12.4. The van der Waals surface area contributed by atoms with Crippen LogP contribution >= 0.6 is 0 Å². The van der Waals surface area contributed by atoms with Crippen molar-refractivity contribution in [3.63, 3.8) is 0 Å². The van der Waals surface area contributed by atoms with Crippen LogP contribution in [0.25, 0.3) is 10.9 Å². The van der Waals surface area contributed by atoms with E-state index in [1.165, 1.54) is 37.6 Å². The lowest BCUT2D eigenvalue weighted by Gasteiger charge is -2.10. The van der Waals surface area contributed by atoms with Gasteiger partial charge in [0.15, 0.2) is 9.84 Å². The van der Waals surface area contributed by atoms with Crippen molar-refractivity contribution in [2.45, 2.75) is 18.4 Å². The van der Waals surface area contributed by atoms with Crippen molar-refractivity contribution >= 4 is 38.4 Å². The predicted molar refractivity (Wildman–Crippen MR) is 129 cm³/mol. The molecule has 4 rings (SSSR count). The van der Waals surface area contributed by atoms with Gasteiger partial charge in [0.05, 0.1) is 28.5 Å². The Morgan fingerprint density at radius 1 is 1.06 bits per heavy atom. The van der Waals surface area contributed by atoms with Crippen LogP contribution < -0.4 is 10.1 Å². The van der Waals surface area contributed by atoms with Crippen LogP contribution in [0.2, 0.25) is 0 Å². The van der Waals surface area contributed by atoms with Gasteiger partial charge in [-0.3, -0.25) is 9.48 Å². The monoisotopic (exact) mass is 494 g/mol. The standard InChI is InChI=1S/C24H22N4O6S/c1-4-28-14-19-20(27-28)11-16(23(29)26-22-10-5-15(13-25-22)24(30)33-2)12-21(19)34-17-6-8-18(9-7-17)35(3,31)32/h5-14H,4H2,1-3H3,(H,25,26,29). The van der Waals surface area contributed by atoms with Gasteiger partial charge >= 0.3 is 5.97 Å². The number of anilines is 1. The summed E-state index contributed by atoms with van der Waals surface area (Å²) < 4.78 is 35.8. The molecule has 1 amide bonds. The van der Waals surface area contributed by atoms with E-state index in [0.29, 0.717) is 28.9 Å². The van der Waals surface area contributed by atoms with Crippen molar-refractivity contribution in [3.05, 3.63) is 72.1 Å². The minimum Gasteiger partial charge on any atom is -0.465 e. The molecule has 180 valence electrons. The van der Waals surface area contributed by atoms with Crippen molar-refractivity contribution < 1.29 is 27.5 Å². The lowest BCUT2D eigenvalue weighted by atomic mass is 10.1. The Labute approximate surface area is 201 Å². The van der Waals surface area contributed by atoms with Crippen LogP contribution in [0.15, 0.2) is 65.8 Å². The first kappa shape index (κ1) is 23.9. The molecule has 2 heterocycles. The van der Waals surface area contributed by atoms with Crippen molar-refractivity contribution in [1.82, 2.24) is 14.8 Å². The number of amides is 1. The number of rotatable bonds is 7. The van der Waals surface area contributed by atoms with E-state index in [0.717, 1.165) is 6.26 Å². The molecule has 0 saturated heterocycles. The highest BCUT2D eigenvalue weighted by atomic mass is 32.2. The maximum absolute atomic E-state index is 13.0. The molecule has 10 nitrogen and oxygen atoms in total. The molecule has 0 spiro atoms. The quantitative estimate of drug-likeness (QED) is 0.385. The van der Waals surface area contributed by atoms with Gasteiger partial charge in [0.2, 0.25) is 0 Å². The number of nitrogens with one attached hydrogen (secondary N) is 1. The van der Waals surface area contributed by atoms with Crippen LogP contribution in [0.4, 0.5) is 5.82 Å². The predicted octanol–water partition coefficient (Wildman–Crippen LogP) is 3.69. The van der Waals surface area contributed by atoms with Gasteiger partial charge in [-0.25, -0.2) is 18.2 Å². The number of sulfone groups is 1. The summed E-state index contributed by atoms with van der Waals surface area (Å²) in [5, 5.41) is 7.86. The molecule has 1 N–H and O–H groups in total. The highest BCUT2D eigenvalue weighted by Crippen LogP contribution is 2.32. The second-order valence-electron chi connectivity index (χ2n) is 7.62. The molecule has 0 unspecified atom stereocenters. The Bertz CT molecular complexity index is 1510. The lowest BCUT2D eigenvalue weighted by molar-refractivity contribution is 0.0600. The molecule has 0 fully saturated rings. The molecule has 0 aliphatic heterocycles. The lowest BCUT2D eigenvalue weighted by Crippen LogP contribution is -2.13. The summed E-state index contributed by atoms with van der Waals surface area (Å²) in [4.78, 5) is 28.8. The normalized spacial score (nSPS) is 11.3. The van der Waals surface area contributed by atoms with E-state index < -0.39 is 21.7 Å². The number of pyridine rings is 1. The summed E-state index contributed by atoms with van der Waals surface area (Å²) in [5.74, 6) is 0.0573. The summed E-state index contributed by atoms with van der Waals surface area (Å²) in [7, 11) is -2.07. The average molecular weight is 495 g/mol. The van der Waals surface area contributed by atoms with Crippen molar-refractivity contribution in [2.24, 2.45) is 0 Å². The molecule has 11 heteroatoms. The van der Waals surface area contributed by atoms with Gasteiger partial charge in [-0.15, -0.1) is 0 Å². The number of carbonyl (C=O) groups is 2. The summed E-state index contributed by atoms with van der Waals surface area (Å²) in [5.41, 5.74) is 1.09. The second kappa shape index (κ2) is 9.55. The third-order valence-electron chi connectivity index (χ3n) is 5.13. The van der Waals surface area contributed by atoms with Gasteiger partial charge in [-0.1, -0.05) is 0 Å². The van der Waals surface area contributed by atoms with Gasteiger partial charge in [0.1, 0.15) is 17.3 Å². The van der Waals surface area contributed by atoms with E-state index in [1.54, 1.807) is 28.9 Å².